The van der Waals surface area contributed by atoms with Gasteiger partial charge in [-0.3, -0.25) is 4.99 Å². The minimum absolute atomic E-state index is 0.0981. The largest absolute Gasteiger partial charge is 0.504 e. The van der Waals surface area contributed by atoms with Gasteiger partial charge in [-0.25, -0.2) is 0 Å². The molecular formula is C17H16ClN3O2. The average Bonchev–Trinajstić information content (AvgIpc) is 3.03. The van der Waals surface area contributed by atoms with Gasteiger partial charge in [0, 0.05) is 22.8 Å². The molecule has 0 saturated carbocycles. The van der Waals surface area contributed by atoms with Gasteiger partial charge in [0.05, 0.1) is 13.7 Å². The Morgan fingerprint density at radius 1 is 1.30 bits per heavy atom. The highest BCUT2D eigenvalue weighted by molar-refractivity contribution is 6.31. The molecule has 0 bridgehead atoms. The standard InChI is InChI=1S/C17H16ClN3O2/c1-23-15-5-2-10(8-14(15)22)16-20-13-9-11(18)3-4-12(13)17-19-6-7-21(16)17/h2-5,8-9,16,20,22H,6-7H2,1H3/t16-/m0/s1. The Hall–Kier alpha value is -2.40. The second-order valence-corrected chi connectivity index (χ2v) is 6.00. The summed E-state index contributed by atoms with van der Waals surface area (Å²) in [6.45, 7) is 1.60. The first-order chi connectivity index (χ1) is 11.2. The number of amidine groups is 1. The molecule has 0 fully saturated rings. The van der Waals surface area contributed by atoms with E-state index in [1.807, 2.05) is 24.3 Å². The number of hydrogen-bond acceptors (Lipinski definition) is 5. The third kappa shape index (κ3) is 2.28. The zero-order valence-electron chi connectivity index (χ0n) is 12.6. The van der Waals surface area contributed by atoms with Crippen LogP contribution in [-0.2, 0) is 0 Å². The zero-order valence-corrected chi connectivity index (χ0v) is 13.3. The summed E-state index contributed by atoms with van der Waals surface area (Å²) in [4.78, 5) is 6.84. The number of anilines is 1. The number of phenols is 1. The van der Waals surface area contributed by atoms with Crippen molar-refractivity contribution in [1.82, 2.24) is 4.90 Å². The van der Waals surface area contributed by atoms with Crippen molar-refractivity contribution in [3.05, 3.63) is 52.5 Å². The highest BCUT2D eigenvalue weighted by Crippen LogP contribution is 2.38. The van der Waals surface area contributed by atoms with Crippen molar-refractivity contribution < 1.29 is 9.84 Å². The van der Waals surface area contributed by atoms with Gasteiger partial charge in [-0.05, 0) is 35.9 Å². The smallest absolute Gasteiger partial charge is 0.160 e. The van der Waals surface area contributed by atoms with E-state index in [1.165, 1.54) is 7.11 Å². The van der Waals surface area contributed by atoms with E-state index >= 15 is 0 Å². The molecule has 2 aliphatic heterocycles. The van der Waals surface area contributed by atoms with Crippen LogP contribution in [0.3, 0.4) is 0 Å². The Labute approximate surface area is 139 Å². The van der Waals surface area contributed by atoms with Crippen molar-refractivity contribution in [2.75, 3.05) is 25.5 Å². The summed E-state index contributed by atoms with van der Waals surface area (Å²) in [6, 6.07) is 11.2. The number of ether oxygens (including phenoxy) is 1. The third-order valence-corrected chi connectivity index (χ3v) is 4.45. The Bertz CT molecular complexity index is 806. The summed E-state index contributed by atoms with van der Waals surface area (Å²) >= 11 is 6.13. The molecule has 2 aromatic carbocycles. The van der Waals surface area contributed by atoms with Gasteiger partial charge >= 0.3 is 0 Å². The van der Waals surface area contributed by atoms with Crippen LogP contribution in [0.4, 0.5) is 5.69 Å². The fourth-order valence-electron chi connectivity index (χ4n) is 3.15. The first-order valence-corrected chi connectivity index (χ1v) is 7.79. The average molecular weight is 330 g/mol. The Kier molecular flexibility index (Phi) is 3.31. The van der Waals surface area contributed by atoms with Gasteiger partial charge in [0.2, 0.25) is 0 Å². The third-order valence-electron chi connectivity index (χ3n) is 4.22. The molecule has 0 unspecified atom stereocenters. The van der Waals surface area contributed by atoms with E-state index in [1.54, 1.807) is 12.1 Å². The maximum absolute atomic E-state index is 10.1. The van der Waals surface area contributed by atoms with Gasteiger partial charge in [0.25, 0.3) is 0 Å². The van der Waals surface area contributed by atoms with Crippen molar-refractivity contribution in [3.63, 3.8) is 0 Å². The van der Waals surface area contributed by atoms with Crippen molar-refractivity contribution in [2.24, 2.45) is 4.99 Å². The molecule has 0 aliphatic carbocycles. The molecule has 0 aromatic heterocycles. The molecule has 0 radical (unpaired) electrons. The number of halogens is 1. The molecule has 6 heteroatoms. The molecule has 1 atom stereocenters. The van der Waals surface area contributed by atoms with Gasteiger partial charge in [0.1, 0.15) is 12.0 Å². The lowest BCUT2D eigenvalue weighted by molar-refractivity contribution is 0.359. The fourth-order valence-corrected chi connectivity index (χ4v) is 3.32. The van der Waals surface area contributed by atoms with E-state index in [-0.39, 0.29) is 11.9 Å². The summed E-state index contributed by atoms with van der Waals surface area (Å²) in [6.07, 6.45) is -0.0981. The first kappa shape index (κ1) is 14.2. The number of nitrogens with zero attached hydrogens (tertiary/aromatic N) is 2. The number of phenolic OH excluding ortho intramolecular Hbond substituents is 1. The lowest BCUT2D eigenvalue weighted by atomic mass is 10.0. The highest BCUT2D eigenvalue weighted by atomic mass is 35.5. The lowest BCUT2D eigenvalue weighted by Crippen LogP contribution is -2.41. The van der Waals surface area contributed by atoms with Crippen LogP contribution >= 0.6 is 11.6 Å². The van der Waals surface area contributed by atoms with Crippen LogP contribution in [0.1, 0.15) is 17.3 Å². The number of fused-ring (bicyclic) bond motifs is 3. The number of methoxy groups -OCH3 is 1. The topological polar surface area (TPSA) is 57.1 Å². The minimum atomic E-state index is -0.0981. The van der Waals surface area contributed by atoms with E-state index in [0.29, 0.717) is 10.8 Å². The molecule has 0 amide bonds. The predicted molar refractivity (Wildman–Crippen MR) is 90.6 cm³/mol. The van der Waals surface area contributed by atoms with Gasteiger partial charge in [0.15, 0.2) is 11.5 Å². The monoisotopic (exact) mass is 329 g/mol. The molecule has 118 valence electrons. The van der Waals surface area contributed by atoms with Crippen LogP contribution < -0.4 is 10.1 Å². The summed E-state index contributed by atoms with van der Waals surface area (Å²) in [5.74, 6) is 1.56. The quantitative estimate of drug-likeness (QED) is 0.888. The molecule has 5 nitrogen and oxygen atoms in total. The SMILES string of the molecule is COc1ccc([C@H]2Nc3cc(Cl)ccc3C3=NCCN32)cc1O. The van der Waals surface area contributed by atoms with Crippen LogP contribution in [0, 0.1) is 0 Å². The van der Waals surface area contributed by atoms with Crippen LogP contribution in [0.15, 0.2) is 41.4 Å². The summed E-state index contributed by atoms with van der Waals surface area (Å²) < 4.78 is 5.12. The number of aliphatic imine (C=N–C) groups is 1. The molecule has 2 heterocycles. The normalized spacial score (nSPS) is 18.8. The Morgan fingerprint density at radius 2 is 2.17 bits per heavy atom. The lowest BCUT2D eigenvalue weighted by Gasteiger charge is -2.37. The second kappa shape index (κ2) is 5.35. The van der Waals surface area contributed by atoms with E-state index < -0.39 is 0 Å². The van der Waals surface area contributed by atoms with E-state index in [2.05, 4.69) is 15.2 Å². The zero-order chi connectivity index (χ0) is 16.0. The molecule has 2 aliphatic rings. The van der Waals surface area contributed by atoms with Gasteiger partial charge in [-0.1, -0.05) is 17.7 Å². The van der Waals surface area contributed by atoms with Crippen LogP contribution in [0.25, 0.3) is 0 Å². The fraction of sp³-hybridized carbons (Fsp3) is 0.235. The molecule has 23 heavy (non-hydrogen) atoms. The van der Waals surface area contributed by atoms with Crippen molar-refractivity contribution in [3.8, 4) is 11.5 Å². The molecule has 0 saturated heterocycles. The second-order valence-electron chi connectivity index (χ2n) is 5.57. The number of nitrogens with one attached hydrogen (secondary N) is 1. The predicted octanol–water partition coefficient (Wildman–Crippen LogP) is 3.24. The highest BCUT2D eigenvalue weighted by Gasteiger charge is 2.34. The number of benzene rings is 2. The molecule has 2 aromatic rings. The minimum Gasteiger partial charge on any atom is -0.504 e. The van der Waals surface area contributed by atoms with E-state index in [0.717, 1.165) is 35.7 Å². The number of aromatic hydroxyl groups is 1. The van der Waals surface area contributed by atoms with E-state index in [4.69, 9.17) is 16.3 Å². The van der Waals surface area contributed by atoms with Crippen molar-refractivity contribution in [2.45, 2.75) is 6.17 Å². The number of rotatable bonds is 2. The summed E-state index contributed by atoms with van der Waals surface area (Å²) in [5.41, 5.74) is 2.96. The van der Waals surface area contributed by atoms with Crippen molar-refractivity contribution >= 4 is 23.1 Å². The van der Waals surface area contributed by atoms with Crippen molar-refractivity contribution in [1.29, 1.82) is 0 Å². The Balaban J connectivity index is 1.78. The van der Waals surface area contributed by atoms with Gasteiger partial charge < -0.3 is 20.1 Å². The molecule has 2 N–H and O–H groups in total. The van der Waals surface area contributed by atoms with Crippen LogP contribution in [-0.4, -0.2) is 36.0 Å². The molecule has 0 spiro atoms. The first-order valence-electron chi connectivity index (χ1n) is 7.42. The maximum atomic E-state index is 10.1. The summed E-state index contributed by atoms with van der Waals surface area (Å²) in [7, 11) is 1.54. The van der Waals surface area contributed by atoms with E-state index in [9.17, 15) is 5.11 Å². The van der Waals surface area contributed by atoms with Gasteiger partial charge in [-0.2, -0.15) is 0 Å². The van der Waals surface area contributed by atoms with Crippen LogP contribution in [0.2, 0.25) is 5.02 Å². The Morgan fingerprint density at radius 3 is 2.96 bits per heavy atom. The molecule has 4 rings (SSSR count). The van der Waals surface area contributed by atoms with Crippen LogP contribution in [0.5, 0.6) is 11.5 Å². The maximum Gasteiger partial charge on any atom is 0.160 e. The van der Waals surface area contributed by atoms with Gasteiger partial charge in [-0.15, -0.1) is 0 Å². The molecular weight excluding hydrogens is 314 g/mol. The number of hydrogen-bond donors (Lipinski definition) is 2. The summed E-state index contributed by atoms with van der Waals surface area (Å²) in [5, 5.41) is 14.3.